The molecule has 0 atom stereocenters. The van der Waals surface area contributed by atoms with E-state index in [0.717, 1.165) is 49.1 Å². The van der Waals surface area contributed by atoms with Gasteiger partial charge in [-0.25, -0.2) is 4.90 Å². The van der Waals surface area contributed by atoms with Crippen molar-refractivity contribution in [3.05, 3.63) is 155 Å². The minimum absolute atomic E-state index is 0.217. The molecule has 0 fully saturated rings. The molecule has 0 spiro atoms. The lowest BCUT2D eigenvalue weighted by Gasteiger charge is -2.16. The van der Waals surface area contributed by atoms with Gasteiger partial charge in [-0.3, -0.25) is 24.1 Å². The maximum Gasteiger partial charge on any atom is 0.266 e. The van der Waals surface area contributed by atoms with E-state index in [0.29, 0.717) is 22.7 Å². The maximum absolute atomic E-state index is 13.9. The van der Waals surface area contributed by atoms with Crippen molar-refractivity contribution in [1.29, 1.82) is 0 Å². The fourth-order valence-corrected chi connectivity index (χ4v) is 7.11. The van der Waals surface area contributed by atoms with Crippen LogP contribution in [0.3, 0.4) is 0 Å². The molecule has 0 bridgehead atoms. The van der Waals surface area contributed by atoms with E-state index >= 15 is 0 Å². The molecule has 8 heteroatoms. The van der Waals surface area contributed by atoms with Gasteiger partial charge < -0.3 is 9.30 Å². The number of carbonyl (C=O) groups is 4. The number of rotatable bonds is 5. The number of anilines is 1. The lowest BCUT2D eigenvalue weighted by molar-refractivity contribution is 0.0692. The van der Waals surface area contributed by atoms with Crippen molar-refractivity contribution in [1.82, 2.24) is 9.47 Å². The Bertz CT molecular complexity index is 2640. The molecule has 6 aromatic carbocycles. The first-order valence-electron chi connectivity index (χ1n) is 16.2. The molecule has 2 aliphatic heterocycles. The molecule has 1 aromatic heterocycles. The van der Waals surface area contributed by atoms with Gasteiger partial charge in [-0.1, -0.05) is 60.2 Å². The predicted molar refractivity (Wildman–Crippen MR) is 191 cm³/mol. The van der Waals surface area contributed by atoms with Gasteiger partial charge in [0, 0.05) is 23.4 Å². The molecule has 0 saturated heterocycles. The van der Waals surface area contributed by atoms with E-state index in [4.69, 9.17) is 4.74 Å². The van der Waals surface area contributed by atoms with Gasteiger partial charge in [-0.05, 0) is 85.3 Å². The van der Waals surface area contributed by atoms with Crippen molar-refractivity contribution >= 4 is 51.1 Å². The van der Waals surface area contributed by atoms with Crippen LogP contribution in [0.15, 0.2) is 127 Å². The number of aryl methyl sites for hydroxylation is 1. The number of amides is 4. The van der Waals surface area contributed by atoms with E-state index in [1.165, 1.54) is 24.1 Å². The fraction of sp³-hybridized carbons (Fsp3) is 0.0476. The zero-order chi connectivity index (χ0) is 34.3. The molecule has 3 heterocycles. The van der Waals surface area contributed by atoms with Crippen LogP contribution in [-0.2, 0) is 0 Å². The molecule has 0 unspecified atom stereocenters. The van der Waals surface area contributed by atoms with Crippen LogP contribution < -0.4 is 9.64 Å². The summed E-state index contributed by atoms with van der Waals surface area (Å²) in [5.74, 6) is -0.997. The Morgan fingerprint density at radius 2 is 1.08 bits per heavy atom. The summed E-state index contributed by atoms with van der Waals surface area (Å²) >= 11 is 0. The molecule has 2 aliphatic rings. The first kappa shape index (κ1) is 29.3. The summed E-state index contributed by atoms with van der Waals surface area (Å²) in [5, 5.41) is 1.93. The van der Waals surface area contributed by atoms with Gasteiger partial charge in [-0.2, -0.15) is 0 Å². The molecular weight excluding hydrogens is 626 g/mol. The summed E-state index contributed by atoms with van der Waals surface area (Å²) in [6, 6.07) is 40.0. The average Bonchev–Trinajstić information content (AvgIpc) is 3.67. The van der Waals surface area contributed by atoms with Crippen LogP contribution >= 0.6 is 0 Å². The third kappa shape index (κ3) is 4.32. The van der Waals surface area contributed by atoms with Gasteiger partial charge >= 0.3 is 0 Å². The van der Waals surface area contributed by atoms with Crippen molar-refractivity contribution in [3.63, 3.8) is 0 Å². The molecule has 0 radical (unpaired) electrons. The van der Waals surface area contributed by atoms with E-state index in [1.54, 1.807) is 24.3 Å². The first-order valence-corrected chi connectivity index (χ1v) is 16.2. The number of benzene rings is 6. The summed E-state index contributed by atoms with van der Waals surface area (Å²) in [5.41, 5.74) is 7.79. The summed E-state index contributed by atoms with van der Waals surface area (Å²) in [6.45, 7) is 2.05. The van der Waals surface area contributed by atoms with Crippen molar-refractivity contribution < 1.29 is 23.9 Å². The van der Waals surface area contributed by atoms with Gasteiger partial charge in [0.15, 0.2) is 0 Å². The average molecular weight is 654 g/mol. The minimum atomic E-state index is -0.458. The number of para-hydroxylation sites is 1. The topological polar surface area (TPSA) is 88.9 Å². The SMILES string of the molecule is Cc1ccc2c(c1)c1cc(N3C(=O)c4ccc(Oc5ccc6c(c5)C(=O)N(C)C6=O)cc4C3=O)ccc1n2-c1ccccc1-c1ccccc1. The third-order valence-electron chi connectivity index (χ3n) is 9.55. The highest BCUT2D eigenvalue weighted by molar-refractivity contribution is 6.35. The van der Waals surface area contributed by atoms with E-state index < -0.39 is 17.7 Å². The number of fused-ring (bicyclic) bond motifs is 5. The molecule has 50 heavy (non-hydrogen) atoms. The maximum atomic E-state index is 13.9. The smallest absolute Gasteiger partial charge is 0.266 e. The second kappa shape index (κ2) is 10.9. The molecule has 0 N–H and O–H groups in total. The van der Waals surface area contributed by atoms with Gasteiger partial charge in [0.25, 0.3) is 23.6 Å². The third-order valence-corrected chi connectivity index (χ3v) is 9.55. The Hall–Kier alpha value is -6.80. The van der Waals surface area contributed by atoms with E-state index in [2.05, 4.69) is 47.0 Å². The highest BCUT2D eigenvalue weighted by Gasteiger charge is 2.38. The minimum Gasteiger partial charge on any atom is -0.457 e. The lowest BCUT2D eigenvalue weighted by atomic mass is 10.0. The summed E-state index contributed by atoms with van der Waals surface area (Å²) < 4.78 is 8.25. The van der Waals surface area contributed by atoms with E-state index in [1.807, 2.05) is 55.5 Å². The molecule has 0 saturated carbocycles. The summed E-state index contributed by atoms with van der Waals surface area (Å²) in [6.07, 6.45) is 0. The molecule has 0 aliphatic carbocycles. The van der Waals surface area contributed by atoms with Crippen molar-refractivity contribution in [2.24, 2.45) is 0 Å². The van der Waals surface area contributed by atoms with Crippen molar-refractivity contribution in [2.45, 2.75) is 6.92 Å². The van der Waals surface area contributed by atoms with E-state index in [-0.39, 0.29) is 22.6 Å². The van der Waals surface area contributed by atoms with Crippen LogP contribution in [0.5, 0.6) is 11.5 Å². The number of imide groups is 2. The number of hydrogen-bond acceptors (Lipinski definition) is 5. The highest BCUT2D eigenvalue weighted by Crippen LogP contribution is 2.40. The number of carbonyl (C=O) groups excluding carboxylic acids is 4. The van der Waals surface area contributed by atoms with Crippen molar-refractivity contribution in [2.75, 3.05) is 11.9 Å². The summed E-state index contributed by atoms with van der Waals surface area (Å²) in [4.78, 5) is 54.7. The molecule has 9 rings (SSSR count). The van der Waals surface area contributed by atoms with Crippen LogP contribution in [0.4, 0.5) is 5.69 Å². The van der Waals surface area contributed by atoms with Gasteiger partial charge in [0.2, 0.25) is 0 Å². The lowest BCUT2D eigenvalue weighted by Crippen LogP contribution is -2.29. The molecule has 240 valence electrons. The monoisotopic (exact) mass is 653 g/mol. The van der Waals surface area contributed by atoms with Crippen LogP contribution in [0.25, 0.3) is 38.6 Å². The first-order chi connectivity index (χ1) is 24.3. The Labute approximate surface area is 286 Å². The zero-order valence-electron chi connectivity index (χ0n) is 27.0. The van der Waals surface area contributed by atoms with Gasteiger partial charge in [-0.15, -0.1) is 0 Å². The molecular formula is C42H27N3O5. The number of aromatic nitrogens is 1. The Morgan fingerprint density at radius 3 is 1.82 bits per heavy atom. The van der Waals surface area contributed by atoms with Crippen molar-refractivity contribution in [3.8, 4) is 28.3 Å². The second-order valence-corrected chi connectivity index (χ2v) is 12.6. The quantitative estimate of drug-likeness (QED) is 0.174. The molecule has 4 amide bonds. The number of ether oxygens (including phenoxy) is 1. The molecule has 8 nitrogen and oxygen atoms in total. The standard InChI is InChI=1S/C42H27N3O5/c1-24-12-18-37-32(20-24)33-21-26(13-19-38(33)45(37)36-11-7-6-10-29(36)25-8-4-3-5-9-25)44-41(48)31-17-15-28(23-35(31)42(44)49)50-27-14-16-30-34(22-27)40(47)43(2)39(30)46/h3-23H,1-2H3. The predicted octanol–water partition coefficient (Wildman–Crippen LogP) is 8.58. The van der Waals surface area contributed by atoms with Crippen LogP contribution in [0.1, 0.15) is 47.0 Å². The Balaban J connectivity index is 1.10. The zero-order valence-corrected chi connectivity index (χ0v) is 27.0. The van der Waals surface area contributed by atoms with Crippen LogP contribution in [0.2, 0.25) is 0 Å². The summed E-state index contributed by atoms with van der Waals surface area (Å²) in [7, 11) is 1.43. The molecule has 7 aromatic rings. The second-order valence-electron chi connectivity index (χ2n) is 12.6. The largest absolute Gasteiger partial charge is 0.457 e. The number of nitrogens with zero attached hydrogens (tertiary/aromatic N) is 3. The number of hydrogen-bond donors (Lipinski definition) is 0. The highest BCUT2D eigenvalue weighted by atomic mass is 16.5. The van der Waals surface area contributed by atoms with Gasteiger partial charge in [0.1, 0.15) is 11.5 Å². The van der Waals surface area contributed by atoms with Gasteiger partial charge in [0.05, 0.1) is 44.7 Å². The fourth-order valence-electron chi connectivity index (χ4n) is 7.11. The Morgan fingerprint density at radius 1 is 0.500 bits per heavy atom. The van der Waals surface area contributed by atoms with E-state index in [9.17, 15) is 19.2 Å². The Kier molecular flexibility index (Phi) is 6.38. The van der Waals surface area contributed by atoms with Crippen LogP contribution in [0, 0.1) is 6.92 Å². The normalized spacial score (nSPS) is 13.9. The van der Waals surface area contributed by atoms with Crippen LogP contribution in [-0.4, -0.2) is 40.1 Å².